The Morgan fingerprint density at radius 1 is 1.37 bits per heavy atom. The summed E-state index contributed by atoms with van der Waals surface area (Å²) in [6.07, 6.45) is 1.41. The lowest BCUT2D eigenvalue weighted by Crippen LogP contribution is -2.24. The van der Waals surface area contributed by atoms with Gasteiger partial charge in [0.1, 0.15) is 5.75 Å². The summed E-state index contributed by atoms with van der Waals surface area (Å²) in [6, 6.07) is 4.84. The summed E-state index contributed by atoms with van der Waals surface area (Å²) in [7, 11) is 0. The molecular formula is C12H17N3O3S. The standard InChI is InChI=1S/C12H17N3O3S/c1-7(2)9-5-4-8(11(16)15-12(13)14)6-10(9)18-19(3)17/h4-7H,1-3H3,(H4,13,14,15,16). The number of hydrogen-bond acceptors (Lipinski definition) is 3. The molecule has 1 unspecified atom stereocenters. The van der Waals surface area contributed by atoms with Gasteiger partial charge < -0.3 is 15.7 Å². The van der Waals surface area contributed by atoms with Crippen LogP contribution in [-0.4, -0.2) is 22.3 Å². The van der Waals surface area contributed by atoms with E-state index < -0.39 is 17.0 Å². The smallest absolute Gasteiger partial charge is 0.280 e. The Labute approximate surface area is 114 Å². The second kappa shape index (κ2) is 6.33. The molecule has 0 aliphatic rings. The molecule has 0 spiro atoms. The summed E-state index contributed by atoms with van der Waals surface area (Å²) in [4.78, 5) is 15.1. The van der Waals surface area contributed by atoms with Crippen LogP contribution in [0.3, 0.4) is 0 Å². The van der Waals surface area contributed by atoms with Crippen LogP contribution in [0.1, 0.15) is 35.7 Å². The molecule has 0 saturated heterocycles. The SMILES string of the molecule is CC(C)c1ccc(C(=O)N=C(N)N)cc1OS(C)=O. The number of benzene rings is 1. The molecule has 19 heavy (non-hydrogen) atoms. The molecule has 0 saturated carbocycles. The van der Waals surface area contributed by atoms with Crippen molar-refractivity contribution in [2.45, 2.75) is 19.8 Å². The zero-order valence-corrected chi connectivity index (χ0v) is 11.9. The van der Waals surface area contributed by atoms with E-state index in [1.165, 1.54) is 12.3 Å². The molecule has 1 aromatic carbocycles. The normalized spacial score (nSPS) is 12.0. The third kappa shape index (κ3) is 4.36. The van der Waals surface area contributed by atoms with E-state index in [0.717, 1.165) is 5.56 Å². The highest BCUT2D eigenvalue weighted by atomic mass is 32.2. The van der Waals surface area contributed by atoms with Gasteiger partial charge in [-0.05, 0) is 23.6 Å². The van der Waals surface area contributed by atoms with Gasteiger partial charge in [0.05, 0.1) is 0 Å². The average molecular weight is 283 g/mol. The Balaban J connectivity index is 3.21. The molecule has 0 aromatic heterocycles. The molecule has 7 heteroatoms. The first-order valence-corrected chi connectivity index (χ1v) is 7.09. The molecule has 0 aliphatic carbocycles. The molecule has 0 fully saturated rings. The minimum absolute atomic E-state index is 0.172. The number of carbonyl (C=O) groups excluding carboxylic acids is 1. The van der Waals surface area contributed by atoms with Crippen LogP contribution in [0.4, 0.5) is 0 Å². The largest absolute Gasteiger partial charge is 0.400 e. The maximum absolute atomic E-state index is 11.7. The fourth-order valence-electron chi connectivity index (χ4n) is 1.52. The molecule has 4 N–H and O–H groups in total. The molecule has 1 rings (SSSR count). The van der Waals surface area contributed by atoms with Crippen LogP contribution in [0.2, 0.25) is 0 Å². The third-order valence-electron chi connectivity index (χ3n) is 2.32. The van der Waals surface area contributed by atoms with Crippen molar-refractivity contribution in [1.82, 2.24) is 0 Å². The predicted molar refractivity (Wildman–Crippen MR) is 75.4 cm³/mol. The third-order valence-corrected chi connectivity index (χ3v) is 2.73. The molecule has 0 radical (unpaired) electrons. The first-order chi connectivity index (χ1) is 8.81. The van der Waals surface area contributed by atoms with Crippen LogP contribution in [0, 0.1) is 0 Å². The molecule has 0 bridgehead atoms. The van der Waals surface area contributed by atoms with Crippen molar-refractivity contribution >= 4 is 22.9 Å². The lowest BCUT2D eigenvalue weighted by atomic mass is 10.0. The van der Waals surface area contributed by atoms with Gasteiger partial charge in [0.25, 0.3) is 5.91 Å². The van der Waals surface area contributed by atoms with Crippen molar-refractivity contribution in [3.05, 3.63) is 29.3 Å². The summed E-state index contributed by atoms with van der Waals surface area (Å²) < 4.78 is 16.4. The number of amides is 1. The highest BCUT2D eigenvalue weighted by Gasteiger charge is 2.14. The van der Waals surface area contributed by atoms with Gasteiger partial charge in [-0.2, -0.15) is 4.99 Å². The van der Waals surface area contributed by atoms with Crippen LogP contribution in [0.5, 0.6) is 5.75 Å². The summed E-state index contributed by atoms with van der Waals surface area (Å²) in [5.41, 5.74) is 11.4. The Kier molecular flexibility index (Phi) is 5.05. The average Bonchev–Trinajstić information content (AvgIpc) is 2.26. The number of carbonyl (C=O) groups is 1. The molecule has 1 aromatic rings. The van der Waals surface area contributed by atoms with Gasteiger partial charge in [-0.15, -0.1) is 0 Å². The number of aliphatic imine (C=N–C) groups is 1. The van der Waals surface area contributed by atoms with Gasteiger partial charge in [0, 0.05) is 11.8 Å². The molecule has 1 amide bonds. The lowest BCUT2D eigenvalue weighted by Gasteiger charge is -2.12. The monoisotopic (exact) mass is 283 g/mol. The topological polar surface area (TPSA) is 108 Å². The number of rotatable bonds is 4. The van der Waals surface area contributed by atoms with Crippen molar-refractivity contribution < 1.29 is 13.2 Å². The first kappa shape index (κ1) is 15.2. The molecule has 0 aliphatic heterocycles. The summed E-state index contributed by atoms with van der Waals surface area (Å²) in [5.74, 6) is -0.306. The van der Waals surface area contributed by atoms with Crippen LogP contribution in [0.25, 0.3) is 0 Å². The molecule has 0 heterocycles. The van der Waals surface area contributed by atoms with Crippen molar-refractivity contribution in [2.75, 3.05) is 6.26 Å². The van der Waals surface area contributed by atoms with Gasteiger partial charge >= 0.3 is 0 Å². The van der Waals surface area contributed by atoms with Crippen LogP contribution < -0.4 is 15.7 Å². The number of nitrogens with two attached hydrogens (primary N) is 2. The van der Waals surface area contributed by atoms with Gasteiger partial charge in [-0.3, -0.25) is 4.79 Å². The molecule has 104 valence electrons. The first-order valence-electron chi connectivity index (χ1n) is 5.61. The van der Waals surface area contributed by atoms with E-state index in [1.807, 2.05) is 13.8 Å². The van der Waals surface area contributed by atoms with Crippen LogP contribution in [-0.2, 0) is 11.1 Å². The zero-order chi connectivity index (χ0) is 14.6. The van der Waals surface area contributed by atoms with E-state index in [0.29, 0.717) is 5.75 Å². The molecule has 1 atom stereocenters. The highest BCUT2D eigenvalue weighted by Crippen LogP contribution is 2.28. The van der Waals surface area contributed by atoms with Crippen LogP contribution in [0.15, 0.2) is 23.2 Å². The van der Waals surface area contributed by atoms with E-state index >= 15 is 0 Å². The minimum Gasteiger partial charge on any atom is -0.400 e. The van der Waals surface area contributed by atoms with Crippen molar-refractivity contribution in [3.8, 4) is 5.75 Å². The summed E-state index contributed by atoms with van der Waals surface area (Å²) in [5, 5.41) is 0. The number of hydrogen-bond donors (Lipinski definition) is 2. The zero-order valence-electron chi connectivity index (χ0n) is 11.0. The maximum Gasteiger partial charge on any atom is 0.280 e. The van der Waals surface area contributed by atoms with E-state index in [4.69, 9.17) is 15.7 Å². The van der Waals surface area contributed by atoms with Gasteiger partial charge in [0.2, 0.25) is 11.1 Å². The number of guanidine groups is 1. The minimum atomic E-state index is -1.47. The maximum atomic E-state index is 11.7. The predicted octanol–water partition coefficient (Wildman–Crippen LogP) is 0.896. The summed E-state index contributed by atoms with van der Waals surface area (Å²) >= 11 is -1.47. The van der Waals surface area contributed by atoms with E-state index in [-0.39, 0.29) is 17.4 Å². The summed E-state index contributed by atoms with van der Waals surface area (Å²) in [6.45, 7) is 3.94. The second-order valence-corrected chi connectivity index (χ2v) is 5.20. The molecule has 6 nitrogen and oxygen atoms in total. The molecular weight excluding hydrogens is 266 g/mol. The number of nitrogens with zero attached hydrogens (tertiary/aromatic N) is 1. The van der Waals surface area contributed by atoms with Gasteiger partial charge in [0.15, 0.2) is 5.96 Å². The Morgan fingerprint density at radius 3 is 2.47 bits per heavy atom. The Hall–Kier alpha value is -1.89. The lowest BCUT2D eigenvalue weighted by molar-refractivity contribution is 0.100. The highest BCUT2D eigenvalue weighted by molar-refractivity contribution is 7.79. The van der Waals surface area contributed by atoms with E-state index in [2.05, 4.69) is 4.99 Å². The second-order valence-electron chi connectivity index (χ2n) is 4.23. The Morgan fingerprint density at radius 2 is 2.00 bits per heavy atom. The van der Waals surface area contributed by atoms with E-state index in [1.54, 1.807) is 12.1 Å². The van der Waals surface area contributed by atoms with Gasteiger partial charge in [-0.25, -0.2) is 4.21 Å². The van der Waals surface area contributed by atoms with Crippen LogP contribution >= 0.6 is 0 Å². The van der Waals surface area contributed by atoms with Gasteiger partial charge in [-0.1, -0.05) is 19.9 Å². The van der Waals surface area contributed by atoms with E-state index in [9.17, 15) is 9.00 Å². The fraction of sp³-hybridized carbons (Fsp3) is 0.333. The quantitative estimate of drug-likeness (QED) is 0.630. The Bertz CT molecular complexity index is 537. The van der Waals surface area contributed by atoms with Crippen molar-refractivity contribution in [3.63, 3.8) is 0 Å². The van der Waals surface area contributed by atoms with Crippen molar-refractivity contribution in [1.29, 1.82) is 0 Å². The fourth-order valence-corrected chi connectivity index (χ4v) is 1.92. The van der Waals surface area contributed by atoms with Crippen molar-refractivity contribution in [2.24, 2.45) is 16.5 Å².